The van der Waals surface area contributed by atoms with Gasteiger partial charge in [0, 0.05) is 32.4 Å². The molecule has 0 aromatic heterocycles. The first-order valence-corrected chi connectivity index (χ1v) is 12.0. The van der Waals surface area contributed by atoms with Crippen LogP contribution in [0.25, 0.3) is 0 Å². The van der Waals surface area contributed by atoms with E-state index >= 15 is 0 Å². The third-order valence-electron chi connectivity index (χ3n) is 4.92. The molecular formula is C29H27N3O8. The Labute approximate surface area is 230 Å². The Kier molecular flexibility index (Phi) is 10.2. The zero-order valence-electron chi connectivity index (χ0n) is 22.5. The van der Waals surface area contributed by atoms with Crippen molar-refractivity contribution in [3.05, 3.63) is 83.4 Å². The molecule has 0 spiro atoms. The van der Waals surface area contributed by atoms with E-state index in [4.69, 9.17) is 9.47 Å². The van der Waals surface area contributed by atoms with Crippen LogP contribution in [0.2, 0.25) is 0 Å². The molecule has 0 bridgehead atoms. The Morgan fingerprint density at radius 2 is 0.950 bits per heavy atom. The number of ether oxygens (including phenoxy) is 2. The topological polar surface area (TPSA) is 134 Å². The van der Waals surface area contributed by atoms with E-state index in [2.05, 4.69) is 30.0 Å². The van der Waals surface area contributed by atoms with E-state index in [1.807, 2.05) is 0 Å². The zero-order valence-corrected chi connectivity index (χ0v) is 22.5. The van der Waals surface area contributed by atoms with Gasteiger partial charge in [-0.1, -0.05) is 15.5 Å². The standard InChI is InChI=1S/C29H27N3O8/c1-18(31-39-21(4)34)24-6-10-26(11-7-24)36-28-14-23(17-30-38-20(3)33)15-29(16-28)37-27-12-8-25(9-13-27)19(2)32-40-22(5)35/h6-17H,1-5H3/b30-17+,31-18+,32-19+. The molecule has 0 atom stereocenters. The van der Waals surface area contributed by atoms with E-state index in [9.17, 15) is 14.4 Å². The number of hydrogen-bond donors (Lipinski definition) is 0. The summed E-state index contributed by atoms with van der Waals surface area (Å²) in [5, 5.41) is 11.2. The largest absolute Gasteiger partial charge is 0.457 e. The summed E-state index contributed by atoms with van der Waals surface area (Å²) in [6.07, 6.45) is 1.36. The van der Waals surface area contributed by atoms with Gasteiger partial charge in [-0.2, -0.15) is 0 Å². The van der Waals surface area contributed by atoms with E-state index in [0.717, 1.165) is 11.1 Å². The molecule has 0 radical (unpaired) electrons. The summed E-state index contributed by atoms with van der Waals surface area (Å²) in [5.41, 5.74) is 3.10. The van der Waals surface area contributed by atoms with Gasteiger partial charge < -0.3 is 24.0 Å². The molecule has 0 N–H and O–H groups in total. The van der Waals surface area contributed by atoms with Crippen LogP contribution in [0.3, 0.4) is 0 Å². The molecule has 0 unspecified atom stereocenters. The molecule has 0 aliphatic carbocycles. The summed E-state index contributed by atoms with van der Waals surface area (Å²) < 4.78 is 12.0. The van der Waals surface area contributed by atoms with Crippen molar-refractivity contribution in [1.29, 1.82) is 0 Å². The lowest BCUT2D eigenvalue weighted by atomic mass is 10.1. The average molecular weight is 546 g/mol. The fourth-order valence-electron chi connectivity index (χ4n) is 3.12. The smallest absolute Gasteiger partial charge is 0.331 e. The van der Waals surface area contributed by atoms with Gasteiger partial charge >= 0.3 is 17.9 Å². The maximum Gasteiger partial charge on any atom is 0.331 e. The number of hydrogen-bond acceptors (Lipinski definition) is 11. The number of carbonyl (C=O) groups excluding carboxylic acids is 3. The first kappa shape index (κ1) is 29.2. The Morgan fingerprint density at radius 3 is 1.32 bits per heavy atom. The SMILES string of the molecule is CC(=O)O/N=C/c1cc(Oc2ccc(/C(C)=N/OC(C)=O)cc2)cc(Oc2ccc(/C(C)=N/OC(C)=O)cc2)c1. The van der Waals surface area contributed by atoms with Gasteiger partial charge in [-0.05, 0) is 85.6 Å². The van der Waals surface area contributed by atoms with Crippen LogP contribution >= 0.6 is 0 Å². The van der Waals surface area contributed by atoms with Crippen LogP contribution in [-0.2, 0) is 28.9 Å². The van der Waals surface area contributed by atoms with Crippen LogP contribution in [0.1, 0.15) is 51.3 Å². The molecule has 206 valence electrons. The third-order valence-corrected chi connectivity index (χ3v) is 4.92. The van der Waals surface area contributed by atoms with Gasteiger partial charge in [0.1, 0.15) is 23.0 Å². The molecule has 0 aliphatic rings. The minimum absolute atomic E-state index is 0.431. The first-order valence-electron chi connectivity index (χ1n) is 12.0. The summed E-state index contributed by atoms with van der Waals surface area (Å²) in [7, 11) is 0. The van der Waals surface area contributed by atoms with Gasteiger partial charge in [-0.25, -0.2) is 14.4 Å². The monoisotopic (exact) mass is 545 g/mol. The maximum absolute atomic E-state index is 11.1. The molecule has 40 heavy (non-hydrogen) atoms. The van der Waals surface area contributed by atoms with Crippen molar-refractivity contribution in [2.24, 2.45) is 15.5 Å². The molecule has 11 heteroatoms. The highest BCUT2D eigenvalue weighted by molar-refractivity contribution is 5.99. The molecule has 3 aromatic carbocycles. The van der Waals surface area contributed by atoms with Crippen LogP contribution < -0.4 is 9.47 Å². The zero-order chi connectivity index (χ0) is 29.1. The van der Waals surface area contributed by atoms with Crippen molar-refractivity contribution < 1.29 is 38.4 Å². The van der Waals surface area contributed by atoms with Crippen LogP contribution in [0.4, 0.5) is 0 Å². The summed E-state index contributed by atoms with van der Waals surface area (Å²) in [5.74, 6) is 0.344. The molecular weight excluding hydrogens is 518 g/mol. The van der Waals surface area contributed by atoms with Crippen molar-refractivity contribution in [3.8, 4) is 23.0 Å². The van der Waals surface area contributed by atoms with E-state index in [1.54, 1.807) is 80.6 Å². The molecule has 3 aromatic rings. The predicted molar refractivity (Wildman–Crippen MR) is 147 cm³/mol. The summed E-state index contributed by atoms with van der Waals surface area (Å²) >= 11 is 0. The Hall–Kier alpha value is -5.32. The number of carbonyl (C=O) groups is 3. The Bertz CT molecular complexity index is 1360. The lowest BCUT2D eigenvalue weighted by Gasteiger charge is -2.12. The van der Waals surface area contributed by atoms with Gasteiger partial charge in [0.15, 0.2) is 0 Å². The normalized spacial score (nSPS) is 11.6. The fraction of sp³-hybridized carbons (Fsp3) is 0.172. The fourth-order valence-corrected chi connectivity index (χ4v) is 3.12. The molecule has 3 rings (SSSR count). The van der Waals surface area contributed by atoms with Crippen molar-refractivity contribution in [2.75, 3.05) is 0 Å². The van der Waals surface area contributed by atoms with Crippen molar-refractivity contribution in [3.63, 3.8) is 0 Å². The summed E-state index contributed by atoms with van der Waals surface area (Å²) in [4.78, 5) is 47.1. The van der Waals surface area contributed by atoms with Gasteiger partial charge in [-0.3, -0.25) is 0 Å². The maximum atomic E-state index is 11.1. The van der Waals surface area contributed by atoms with Crippen LogP contribution in [0.15, 0.2) is 82.2 Å². The second kappa shape index (κ2) is 14.0. The number of nitrogens with zero attached hydrogens (tertiary/aromatic N) is 3. The van der Waals surface area contributed by atoms with Crippen LogP contribution in [0, 0.1) is 0 Å². The predicted octanol–water partition coefficient (Wildman–Crippen LogP) is 5.74. The summed E-state index contributed by atoms with van der Waals surface area (Å²) in [6, 6.07) is 19.1. The Balaban J connectivity index is 1.82. The number of benzene rings is 3. The third kappa shape index (κ3) is 9.53. The van der Waals surface area contributed by atoms with Gasteiger partial charge in [0.05, 0.1) is 17.6 Å². The second-order valence-corrected chi connectivity index (χ2v) is 8.33. The van der Waals surface area contributed by atoms with Crippen molar-refractivity contribution >= 4 is 35.5 Å². The molecule has 0 aliphatic heterocycles. The quantitative estimate of drug-likeness (QED) is 0.179. The summed E-state index contributed by atoms with van der Waals surface area (Å²) in [6.45, 7) is 7.23. The second-order valence-electron chi connectivity index (χ2n) is 8.33. The molecule has 0 heterocycles. The van der Waals surface area contributed by atoms with Gasteiger partial charge in [-0.15, -0.1) is 0 Å². The molecule has 0 saturated heterocycles. The van der Waals surface area contributed by atoms with Crippen molar-refractivity contribution in [1.82, 2.24) is 0 Å². The average Bonchev–Trinajstić information content (AvgIpc) is 2.91. The highest BCUT2D eigenvalue weighted by Crippen LogP contribution is 2.30. The van der Waals surface area contributed by atoms with E-state index in [1.165, 1.54) is 27.0 Å². The minimum atomic E-state index is -0.555. The molecule has 0 fully saturated rings. The Morgan fingerprint density at radius 1 is 0.550 bits per heavy atom. The van der Waals surface area contributed by atoms with Crippen LogP contribution in [0.5, 0.6) is 23.0 Å². The van der Waals surface area contributed by atoms with Crippen molar-refractivity contribution in [2.45, 2.75) is 34.6 Å². The van der Waals surface area contributed by atoms with E-state index < -0.39 is 17.9 Å². The van der Waals surface area contributed by atoms with Crippen LogP contribution in [-0.4, -0.2) is 35.5 Å². The number of oxime groups is 3. The number of rotatable bonds is 10. The van der Waals surface area contributed by atoms with Gasteiger partial charge in [0.2, 0.25) is 0 Å². The molecule has 11 nitrogen and oxygen atoms in total. The van der Waals surface area contributed by atoms with E-state index in [-0.39, 0.29) is 0 Å². The molecule has 0 saturated carbocycles. The lowest BCUT2D eigenvalue weighted by molar-refractivity contribution is -0.141. The van der Waals surface area contributed by atoms with Gasteiger partial charge in [0.25, 0.3) is 0 Å². The highest BCUT2D eigenvalue weighted by Gasteiger charge is 2.08. The molecule has 0 amide bonds. The first-order chi connectivity index (χ1) is 19.1. The van der Waals surface area contributed by atoms with E-state index in [0.29, 0.717) is 40.0 Å². The minimum Gasteiger partial charge on any atom is -0.457 e. The lowest BCUT2D eigenvalue weighted by Crippen LogP contribution is -1.99. The highest BCUT2D eigenvalue weighted by atomic mass is 16.7.